The number of thiophene rings is 3. The molecule has 3 aliphatic heterocycles. The first kappa shape index (κ1) is 66.4. The Morgan fingerprint density at radius 1 is 0.540 bits per heavy atom. The molecule has 0 amide bonds. The van der Waals surface area contributed by atoms with Gasteiger partial charge in [-0.1, -0.05) is 103 Å². The molecule has 506 valence electrons. The molecule has 12 aromatic rings. The van der Waals surface area contributed by atoms with Gasteiger partial charge < -0.3 is 29.2 Å². The second kappa shape index (κ2) is 27.9. The van der Waals surface area contributed by atoms with Gasteiger partial charge in [0.2, 0.25) is 23.8 Å². The Morgan fingerprint density at radius 3 is 1.67 bits per heavy atom. The number of rotatable bonds is 24. The highest BCUT2D eigenvalue weighted by atomic mass is 35.5. The highest BCUT2D eigenvalue weighted by Gasteiger charge is 2.37. The van der Waals surface area contributed by atoms with Crippen LogP contribution in [0.1, 0.15) is 86.0 Å². The van der Waals surface area contributed by atoms with Gasteiger partial charge >= 0.3 is 6.18 Å². The number of benzene rings is 9. The Balaban J connectivity index is 0.594. The molecule has 3 saturated heterocycles. The van der Waals surface area contributed by atoms with Crippen LogP contribution in [-0.2, 0) is 25.6 Å². The van der Waals surface area contributed by atoms with Crippen LogP contribution in [0.4, 0.5) is 22.0 Å². The van der Waals surface area contributed by atoms with E-state index in [0.717, 1.165) is 95.0 Å². The second-order valence-electron chi connectivity index (χ2n) is 25.3. The van der Waals surface area contributed by atoms with Crippen molar-refractivity contribution in [1.29, 1.82) is 0 Å². The monoisotopic (exact) mass is 1420 g/mol. The van der Waals surface area contributed by atoms with Crippen molar-refractivity contribution < 1.29 is 65.5 Å². The van der Waals surface area contributed by atoms with Gasteiger partial charge in [0.15, 0.2) is 17.2 Å². The Morgan fingerprint density at radius 2 is 1.07 bits per heavy atom. The predicted octanol–water partition coefficient (Wildman–Crippen LogP) is 19.5. The van der Waals surface area contributed by atoms with Crippen LogP contribution >= 0.6 is 45.6 Å². The Labute approximate surface area is 588 Å². The quantitative estimate of drug-likeness (QED) is 0.0440. The number of phenols is 2. The Hall–Kier alpha value is -9.51. The number of halogens is 6. The molecule has 100 heavy (non-hydrogen) atoms. The van der Waals surface area contributed by atoms with Gasteiger partial charge in [-0.25, -0.2) is 8.78 Å². The van der Waals surface area contributed by atoms with Crippen molar-refractivity contribution in [2.45, 2.75) is 50.6 Å². The molecule has 12 nitrogen and oxygen atoms in total. The number of carbonyl (C=O) groups is 3. The number of fused-ring (bicyclic) bond motifs is 3. The molecule has 9 aromatic carbocycles. The van der Waals surface area contributed by atoms with E-state index in [4.69, 9.17) is 30.5 Å². The third-order valence-corrected chi connectivity index (χ3v) is 22.4. The molecule has 15 rings (SSSR count). The number of alkyl halides is 5. The van der Waals surface area contributed by atoms with Gasteiger partial charge in [0, 0.05) is 117 Å². The lowest BCUT2D eigenvalue weighted by atomic mass is 9.92. The fraction of sp³-hybridized carbons (Fsp3) is 0.203. The molecule has 0 saturated carbocycles. The number of hydrogen-bond acceptors (Lipinski definition) is 15. The van der Waals surface area contributed by atoms with Gasteiger partial charge in [-0.05, 0) is 145 Å². The maximum Gasteiger partial charge on any atom is 0.416 e. The lowest BCUT2D eigenvalue weighted by Gasteiger charge is -2.41. The molecule has 0 bridgehead atoms. The van der Waals surface area contributed by atoms with Gasteiger partial charge in [-0.2, -0.15) is 13.2 Å². The van der Waals surface area contributed by atoms with Crippen LogP contribution in [0, 0.1) is 5.92 Å². The average molecular weight is 1420 g/mol. The Bertz CT molecular complexity index is 5060. The molecule has 21 heteroatoms. The Kier molecular flexibility index (Phi) is 18.5. The molecule has 2 N–H and O–H groups in total. The van der Waals surface area contributed by atoms with Crippen LogP contribution in [0.5, 0.6) is 51.7 Å². The van der Waals surface area contributed by atoms with Crippen molar-refractivity contribution in [1.82, 2.24) is 14.7 Å². The van der Waals surface area contributed by atoms with Crippen LogP contribution in [0.25, 0.3) is 30.3 Å². The van der Waals surface area contributed by atoms with Crippen molar-refractivity contribution >= 4 is 93.2 Å². The standard InChI is InChI=1S/C79H61ClF5N3O9S3/c80-62-9-5-4-8-58(62)70(93)77-72(59-28-20-52(89)38-65(59)98-77)96-54-21-10-45(11-22-54)32-35-86-43-57(44-86)94-56-27-29-60-66(39-56)99-75(68(91)48-6-2-1-3-7-48)71(60)95-53-23-12-46(13-24-53)33-36-88-37-34-63(88)67-64(90)31-30-61-73(97-55-25-14-47(15-26-55)40-87-41-50(42-87)78(81)82)76(100-74(61)67)69(92)49-16-18-51(19-17-49)79(83,84)85/h1-31,38-39,50,57,63,78,89-90H,32-37,40-44H2. The third-order valence-electron chi connectivity index (χ3n) is 18.6. The minimum atomic E-state index is -4.60. The highest BCUT2D eigenvalue weighted by molar-refractivity contribution is 7.22. The largest absolute Gasteiger partial charge is 0.508 e. The average Bonchev–Trinajstić information content (AvgIpc) is 1.57. The fourth-order valence-corrected chi connectivity index (χ4v) is 16.8. The summed E-state index contributed by atoms with van der Waals surface area (Å²) in [7, 11) is 0. The summed E-state index contributed by atoms with van der Waals surface area (Å²) in [5.41, 5.74) is 3.68. The van der Waals surface area contributed by atoms with Crippen LogP contribution < -0.4 is 18.9 Å². The van der Waals surface area contributed by atoms with Gasteiger partial charge in [-0.15, -0.1) is 34.0 Å². The summed E-state index contributed by atoms with van der Waals surface area (Å²) in [6.45, 7) is 4.71. The number of phenolic OH excluding ortho intramolecular Hbond substituents is 2. The van der Waals surface area contributed by atoms with Crippen LogP contribution in [-0.4, -0.2) is 101 Å². The first-order valence-electron chi connectivity index (χ1n) is 32.6. The van der Waals surface area contributed by atoms with E-state index in [-0.39, 0.29) is 51.4 Å². The molecule has 0 aliphatic carbocycles. The number of carbonyl (C=O) groups excluding carboxylic acids is 3. The van der Waals surface area contributed by atoms with Gasteiger partial charge in [-0.3, -0.25) is 29.1 Å². The van der Waals surface area contributed by atoms with E-state index < -0.39 is 29.9 Å². The number of ether oxygens (including phenoxy) is 4. The summed E-state index contributed by atoms with van der Waals surface area (Å²) in [6.07, 6.45) is -4.86. The molecule has 1 atom stereocenters. The zero-order chi connectivity index (χ0) is 68.9. The summed E-state index contributed by atoms with van der Waals surface area (Å²) >= 11 is 10.2. The van der Waals surface area contributed by atoms with E-state index in [9.17, 15) is 46.5 Å². The highest BCUT2D eigenvalue weighted by Crippen LogP contribution is 2.51. The summed E-state index contributed by atoms with van der Waals surface area (Å²) < 4.78 is 95.5. The van der Waals surface area contributed by atoms with Crippen LogP contribution in [0.15, 0.2) is 200 Å². The third kappa shape index (κ3) is 13.8. The number of nitrogens with zero attached hydrogens (tertiary/aromatic N) is 3. The van der Waals surface area contributed by atoms with Crippen molar-refractivity contribution in [3.63, 3.8) is 0 Å². The van der Waals surface area contributed by atoms with Crippen LogP contribution in [0.2, 0.25) is 5.02 Å². The van der Waals surface area contributed by atoms with Gasteiger partial charge in [0.1, 0.15) is 55.2 Å². The van der Waals surface area contributed by atoms with E-state index in [2.05, 4.69) is 9.80 Å². The normalized spacial score (nSPS) is 15.4. The summed E-state index contributed by atoms with van der Waals surface area (Å²) in [5.74, 6) is 1.75. The second-order valence-corrected chi connectivity index (χ2v) is 28.8. The number of likely N-dealkylation sites (tertiary alicyclic amines) is 3. The van der Waals surface area contributed by atoms with E-state index in [0.29, 0.717) is 125 Å². The maximum atomic E-state index is 14.4. The van der Waals surface area contributed by atoms with Crippen molar-refractivity contribution in [2.24, 2.45) is 5.92 Å². The minimum Gasteiger partial charge on any atom is -0.508 e. The van der Waals surface area contributed by atoms with Gasteiger partial charge in [0.25, 0.3) is 0 Å². The van der Waals surface area contributed by atoms with E-state index in [1.807, 2.05) is 102 Å². The summed E-state index contributed by atoms with van der Waals surface area (Å²) in [4.78, 5) is 50.0. The smallest absolute Gasteiger partial charge is 0.416 e. The zero-order valence-electron chi connectivity index (χ0n) is 53.2. The van der Waals surface area contributed by atoms with Crippen molar-refractivity contribution in [3.05, 3.63) is 264 Å². The maximum absolute atomic E-state index is 14.4. The van der Waals surface area contributed by atoms with Gasteiger partial charge in [0.05, 0.1) is 10.6 Å². The lowest BCUT2D eigenvalue weighted by Crippen LogP contribution is -2.54. The molecule has 3 aliphatic rings. The molecule has 3 fully saturated rings. The van der Waals surface area contributed by atoms with E-state index in [1.165, 1.54) is 22.7 Å². The van der Waals surface area contributed by atoms with Crippen LogP contribution in [0.3, 0.4) is 0 Å². The molecular formula is C79H61ClF5N3O9S3. The number of ketones is 3. The SMILES string of the molecule is O=C(c1ccccc1)c1sc2cc(OC3CN(CCc4ccc(Oc5c(C(=O)c6ccccc6Cl)sc6cc(O)ccc56)cc4)C3)ccc2c1Oc1ccc(CCN2CCC2c2c(O)ccc3c(Oc4ccc(CN5CC(C(F)F)C5)cc4)c(C(=O)c4ccc(C(F)(F)F)cc4)sc23)cc1. The fourth-order valence-electron chi connectivity index (χ4n) is 13.0. The lowest BCUT2D eigenvalue weighted by molar-refractivity contribution is -0.137. The summed E-state index contributed by atoms with van der Waals surface area (Å²) in [6, 6.07) is 56.5. The molecule has 3 aromatic heterocycles. The first-order valence-corrected chi connectivity index (χ1v) is 35.4. The molecular weight excluding hydrogens is 1360 g/mol. The molecule has 1 unspecified atom stereocenters. The molecule has 0 radical (unpaired) electrons. The van der Waals surface area contributed by atoms with E-state index in [1.54, 1.807) is 78.9 Å². The first-order chi connectivity index (χ1) is 48.4. The van der Waals surface area contributed by atoms with Crippen molar-refractivity contribution in [3.8, 4) is 51.7 Å². The number of aromatic hydroxyl groups is 2. The number of hydrogen-bond donors (Lipinski definition) is 2. The van der Waals surface area contributed by atoms with Crippen molar-refractivity contribution in [2.75, 3.05) is 45.8 Å². The zero-order valence-corrected chi connectivity index (χ0v) is 56.4. The van der Waals surface area contributed by atoms with E-state index >= 15 is 0 Å². The molecule has 0 spiro atoms. The predicted molar refractivity (Wildman–Crippen MR) is 380 cm³/mol. The summed E-state index contributed by atoms with van der Waals surface area (Å²) in [5, 5.41) is 24.2. The minimum absolute atomic E-state index is 0.0328. The molecule has 6 heterocycles. The topological polar surface area (TPSA) is 138 Å².